The van der Waals surface area contributed by atoms with E-state index in [0.717, 1.165) is 69.1 Å². The summed E-state index contributed by atoms with van der Waals surface area (Å²) in [5, 5.41) is 0. The van der Waals surface area contributed by atoms with Crippen molar-refractivity contribution < 1.29 is 13.9 Å². The van der Waals surface area contributed by atoms with Gasteiger partial charge in [0, 0.05) is 44.6 Å². The van der Waals surface area contributed by atoms with E-state index in [4.69, 9.17) is 9.15 Å². The highest BCUT2D eigenvalue weighted by Gasteiger charge is 2.31. The number of likely N-dealkylation sites (tertiary alicyclic amines) is 2. The molecule has 0 bridgehead atoms. The molecule has 2 saturated heterocycles. The fourth-order valence-electron chi connectivity index (χ4n) is 4.42. The lowest BCUT2D eigenvalue weighted by Gasteiger charge is -2.41. The second-order valence-corrected chi connectivity index (χ2v) is 7.89. The minimum Gasteiger partial charge on any atom is -0.490 e. The molecule has 0 atom stereocenters. The van der Waals surface area contributed by atoms with Crippen molar-refractivity contribution in [3.05, 3.63) is 47.7 Å². The van der Waals surface area contributed by atoms with Gasteiger partial charge in [0.15, 0.2) is 0 Å². The van der Waals surface area contributed by atoms with Crippen molar-refractivity contribution >= 4 is 5.91 Å². The molecule has 0 saturated carbocycles. The third-order valence-electron chi connectivity index (χ3n) is 5.97. The van der Waals surface area contributed by atoms with Gasteiger partial charge in [-0.15, -0.1) is 0 Å². The van der Waals surface area contributed by atoms with Crippen LogP contribution in [0.25, 0.3) is 0 Å². The Morgan fingerprint density at radius 2 is 1.75 bits per heavy atom. The number of furan rings is 1. The van der Waals surface area contributed by atoms with Gasteiger partial charge in [0.05, 0.1) is 5.56 Å². The van der Waals surface area contributed by atoms with Crippen LogP contribution in [0.2, 0.25) is 0 Å². The first-order valence-corrected chi connectivity index (χ1v) is 10.3. The summed E-state index contributed by atoms with van der Waals surface area (Å²) < 4.78 is 11.6. The molecule has 2 aromatic heterocycles. The molecule has 4 heterocycles. The van der Waals surface area contributed by atoms with E-state index in [1.165, 1.54) is 0 Å². The van der Waals surface area contributed by atoms with Crippen molar-refractivity contribution in [3.63, 3.8) is 0 Å². The first kappa shape index (κ1) is 19.0. The summed E-state index contributed by atoms with van der Waals surface area (Å²) in [5.41, 5.74) is 0.713. The van der Waals surface area contributed by atoms with Gasteiger partial charge in [0.2, 0.25) is 0 Å². The zero-order valence-corrected chi connectivity index (χ0v) is 16.8. The summed E-state index contributed by atoms with van der Waals surface area (Å²) >= 11 is 0. The van der Waals surface area contributed by atoms with Crippen LogP contribution >= 0.6 is 0 Å². The van der Waals surface area contributed by atoms with E-state index >= 15 is 0 Å². The molecule has 0 unspecified atom stereocenters. The molecule has 0 radical (unpaired) electrons. The molecular formula is C22H29N3O3. The van der Waals surface area contributed by atoms with E-state index in [2.05, 4.69) is 9.88 Å². The van der Waals surface area contributed by atoms with Crippen molar-refractivity contribution in [1.82, 2.24) is 14.8 Å². The molecule has 4 rings (SSSR count). The molecule has 6 nitrogen and oxygen atoms in total. The summed E-state index contributed by atoms with van der Waals surface area (Å²) in [6, 6.07) is 6.26. The minimum atomic E-state index is 0.109. The lowest BCUT2D eigenvalue weighted by molar-refractivity contribution is 0.0424. The molecule has 1 amide bonds. The summed E-state index contributed by atoms with van der Waals surface area (Å²) in [6.07, 6.45) is 8.00. The Bertz CT molecular complexity index is 789. The normalized spacial score (nSPS) is 19.7. The van der Waals surface area contributed by atoms with Gasteiger partial charge >= 0.3 is 0 Å². The second kappa shape index (κ2) is 8.35. The van der Waals surface area contributed by atoms with Crippen LogP contribution in [0.4, 0.5) is 0 Å². The average molecular weight is 383 g/mol. The standard InChI is InChI=1S/C22H29N3O3/c1-16-15-21(17(2)27-16)22(26)25-11-5-18(6-12-25)24-13-7-20(8-14-24)28-19-3-9-23-10-4-19/h3-4,9-10,15,18,20H,5-8,11-14H2,1-2H3. The number of piperidine rings is 2. The molecule has 2 aliphatic rings. The number of pyridine rings is 1. The summed E-state index contributed by atoms with van der Waals surface area (Å²) in [4.78, 5) is 21.4. The number of carbonyl (C=O) groups is 1. The van der Waals surface area contributed by atoms with Crippen LogP contribution in [0.5, 0.6) is 5.75 Å². The minimum absolute atomic E-state index is 0.109. The Hall–Kier alpha value is -2.34. The highest BCUT2D eigenvalue weighted by atomic mass is 16.5. The van der Waals surface area contributed by atoms with Crippen molar-refractivity contribution in [2.75, 3.05) is 26.2 Å². The van der Waals surface area contributed by atoms with Crippen molar-refractivity contribution in [2.45, 2.75) is 51.7 Å². The number of amides is 1. The van der Waals surface area contributed by atoms with E-state index in [1.54, 1.807) is 12.4 Å². The predicted octanol–water partition coefficient (Wildman–Crippen LogP) is 3.44. The molecule has 0 N–H and O–H groups in total. The van der Waals surface area contributed by atoms with Gasteiger partial charge in [-0.05, 0) is 57.7 Å². The zero-order valence-electron chi connectivity index (χ0n) is 16.8. The SMILES string of the molecule is Cc1cc(C(=O)N2CCC(N3CCC(Oc4ccncc4)CC3)CC2)c(C)o1. The average Bonchev–Trinajstić information content (AvgIpc) is 3.07. The van der Waals surface area contributed by atoms with Gasteiger partial charge in [0.25, 0.3) is 5.91 Å². The number of aromatic nitrogens is 1. The Balaban J connectivity index is 1.25. The number of hydrogen-bond acceptors (Lipinski definition) is 5. The summed E-state index contributed by atoms with van der Waals surface area (Å²) in [7, 11) is 0. The predicted molar refractivity (Wildman–Crippen MR) is 107 cm³/mol. The smallest absolute Gasteiger partial charge is 0.257 e. The van der Waals surface area contributed by atoms with Crippen LogP contribution in [0.3, 0.4) is 0 Å². The molecule has 150 valence electrons. The lowest BCUT2D eigenvalue weighted by atomic mass is 9.98. The number of ether oxygens (including phenoxy) is 1. The largest absolute Gasteiger partial charge is 0.490 e. The Morgan fingerprint density at radius 3 is 2.36 bits per heavy atom. The molecule has 0 aliphatic carbocycles. The molecule has 28 heavy (non-hydrogen) atoms. The fourth-order valence-corrected chi connectivity index (χ4v) is 4.42. The van der Waals surface area contributed by atoms with E-state index in [1.807, 2.05) is 36.9 Å². The highest BCUT2D eigenvalue weighted by Crippen LogP contribution is 2.25. The number of rotatable bonds is 4. The monoisotopic (exact) mass is 383 g/mol. The van der Waals surface area contributed by atoms with Crippen LogP contribution in [-0.2, 0) is 0 Å². The Labute approximate surface area is 166 Å². The number of carbonyl (C=O) groups excluding carboxylic acids is 1. The topological polar surface area (TPSA) is 58.8 Å². The molecular weight excluding hydrogens is 354 g/mol. The van der Waals surface area contributed by atoms with E-state index in [0.29, 0.717) is 11.6 Å². The van der Waals surface area contributed by atoms with Crippen molar-refractivity contribution in [2.24, 2.45) is 0 Å². The van der Waals surface area contributed by atoms with Crippen LogP contribution in [-0.4, -0.2) is 59.0 Å². The molecule has 6 heteroatoms. The Morgan fingerprint density at radius 1 is 1.07 bits per heavy atom. The van der Waals surface area contributed by atoms with E-state index < -0.39 is 0 Å². The summed E-state index contributed by atoms with van der Waals surface area (Å²) in [5.74, 6) is 2.54. The van der Waals surface area contributed by atoms with Crippen LogP contribution in [0.1, 0.15) is 47.6 Å². The van der Waals surface area contributed by atoms with E-state index in [9.17, 15) is 4.79 Å². The first-order valence-electron chi connectivity index (χ1n) is 10.3. The fraction of sp³-hybridized carbons (Fsp3) is 0.545. The lowest BCUT2D eigenvalue weighted by Crippen LogP contribution is -2.50. The molecule has 2 aliphatic heterocycles. The third-order valence-corrected chi connectivity index (χ3v) is 5.97. The van der Waals surface area contributed by atoms with Gasteiger partial charge in [-0.1, -0.05) is 0 Å². The van der Waals surface area contributed by atoms with Crippen LogP contribution in [0, 0.1) is 13.8 Å². The summed E-state index contributed by atoms with van der Waals surface area (Å²) in [6.45, 7) is 7.52. The van der Waals surface area contributed by atoms with E-state index in [-0.39, 0.29) is 12.0 Å². The molecule has 2 aromatic rings. The van der Waals surface area contributed by atoms with Gasteiger partial charge < -0.3 is 14.1 Å². The molecule has 0 aromatic carbocycles. The number of nitrogens with zero attached hydrogens (tertiary/aromatic N) is 3. The second-order valence-electron chi connectivity index (χ2n) is 7.89. The van der Waals surface area contributed by atoms with Crippen molar-refractivity contribution in [3.8, 4) is 5.75 Å². The van der Waals surface area contributed by atoms with Crippen molar-refractivity contribution in [1.29, 1.82) is 0 Å². The zero-order chi connectivity index (χ0) is 19.5. The molecule has 2 fully saturated rings. The van der Waals surface area contributed by atoms with Gasteiger partial charge in [0.1, 0.15) is 23.4 Å². The first-order chi connectivity index (χ1) is 13.6. The van der Waals surface area contributed by atoms with Crippen LogP contribution in [0.15, 0.2) is 35.0 Å². The van der Waals surface area contributed by atoms with Gasteiger partial charge in [-0.3, -0.25) is 14.7 Å². The quantitative estimate of drug-likeness (QED) is 0.809. The highest BCUT2D eigenvalue weighted by molar-refractivity contribution is 5.95. The van der Waals surface area contributed by atoms with Crippen LogP contribution < -0.4 is 4.74 Å². The third kappa shape index (κ3) is 4.22. The Kier molecular flexibility index (Phi) is 5.67. The molecule has 0 spiro atoms. The van der Waals surface area contributed by atoms with Gasteiger partial charge in [-0.25, -0.2) is 0 Å². The maximum absolute atomic E-state index is 12.8. The maximum atomic E-state index is 12.8. The van der Waals surface area contributed by atoms with Gasteiger partial charge in [-0.2, -0.15) is 0 Å². The number of aryl methyl sites for hydroxylation is 2. The maximum Gasteiger partial charge on any atom is 0.257 e. The number of hydrogen-bond donors (Lipinski definition) is 0.